The molecule has 0 aromatic carbocycles. The van der Waals surface area contributed by atoms with E-state index in [-0.39, 0.29) is 0 Å². The summed E-state index contributed by atoms with van der Waals surface area (Å²) in [5.41, 5.74) is 0. The smallest absolute Gasteiger partial charge is 0.210 e. The molecule has 0 aliphatic carbocycles. The summed E-state index contributed by atoms with van der Waals surface area (Å²) < 4.78 is 16.6. The van der Waals surface area contributed by atoms with Gasteiger partial charge in [-0.1, -0.05) is 18.2 Å². The first-order valence-electron chi connectivity index (χ1n) is 3.25. The number of hydrogen-bond donors (Lipinski definition) is 0. The predicted molar refractivity (Wildman–Crippen MR) is 42.6 cm³/mol. The summed E-state index contributed by atoms with van der Waals surface area (Å²) in [6, 6.07) is 0. The molecule has 0 saturated carbocycles. The molecule has 3 heteroatoms. The number of rotatable bonds is 3. The fourth-order valence-corrected chi connectivity index (χ4v) is 2.52. The lowest BCUT2D eigenvalue weighted by Crippen LogP contribution is -1.91. The first-order chi connectivity index (χ1) is 4.77. The highest BCUT2D eigenvalue weighted by molar-refractivity contribution is 7.59. The molecule has 1 aliphatic rings. The maximum absolute atomic E-state index is 11.4. The summed E-state index contributed by atoms with van der Waals surface area (Å²) in [6.45, 7) is 3.89. The minimum Gasteiger partial charge on any atom is -0.324 e. The summed E-state index contributed by atoms with van der Waals surface area (Å²) in [5.74, 6) is 0. The van der Waals surface area contributed by atoms with Crippen molar-refractivity contribution in [3.63, 3.8) is 0 Å². The van der Waals surface area contributed by atoms with E-state index in [9.17, 15) is 4.57 Å². The second kappa shape index (κ2) is 3.18. The van der Waals surface area contributed by atoms with Gasteiger partial charge in [0.2, 0.25) is 7.37 Å². The highest BCUT2D eigenvalue weighted by Gasteiger charge is 2.22. The van der Waals surface area contributed by atoms with E-state index in [2.05, 4.69) is 6.58 Å². The molecule has 0 aromatic rings. The molecule has 0 radical (unpaired) electrons. The second-order valence-corrected chi connectivity index (χ2v) is 4.85. The molecular weight excluding hydrogens is 147 g/mol. The van der Waals surface area contributed by atoms with Crippen LogP contribution in [0.4, 0.5) is 0 Å². The standard InChI is InChI=1S/C7H11O2P/c1-2-5-9-10(8)6-3-4-7-10/h2-4H,1,5-7H2. The van der Waals surface area contributed by atoms with Gasteiger partial charge in [0.1, 0.15) is 0 Å². The van der Waals surface area contributed by atoms with E-state index in [4.69, 9.17) is 4.52 Å². The Kier molecular flexibility index (Phi) is 2.47. The molecule has 0 unspecified atom stereocenters. The van der Waals surface area contributed by atoms with E-state index in [0.29, 0.717) is 18.9 Å². The SMILES string of the molecule is C=CCOP1(=O)CC=CC1. The van der Waals surface area contributed by atoms with E-state index < -0.39 is 7.37 Å². The monoisotopic (exact) mass is 158 g/mol. The molecule has 2 nitrogen and oxygen atoms in total. The van der Waals surface area contributed by atoms with E-state index in [1.807, 2.05) is 12.2 Å². The fraction of sp³-hybridized carbons (Fsp3) is 0.429. The van der Waals surface area contributed by atoms with Crippen LogP contribution in [0.2, 0.25) is 0 Å². The summed E-state index contributed by atoms with van der Waals surface area (Å²) in [4.78, 5) is 0. The molecule has 0 bridgehead atoms. The van der Waals surface area contributed by atoms with Crippen LogP contribution in [0.1, 0.15) is 0 Å². The third-order valence-corrected chi connectivity index (χ3v) is 3.52. The van der Waals surface area contributed by atoms with Crippen LogP contribution < -0.4 is 0 Å². The lowest BCUT2D eigenvalue weighted by molar-refractivity contribution is 0.358. The summed E-state index contributed by atoms with van der Waals surface area (Å²) in [6.07, 6.45) is 6.63. The molecule has 10 heavy (non-hydrogen) atoms. The highest BCUT2D eigenvalue weighted by Crippen LogP contribution is 2.49. The van der Waals surface area contributed by atoms with Crippen molar-refractivity contribution in [2.45, 2.75) is 0 Å². The average molecular weight is 158 g/mol. The van der Waals surface area contributed by atoms with Gasteiger partial charge in [-0.25, -0.2) is 0 Å². The maximum atomic E-state index is 11.4. The molecule has 0 fully saturated rings. The van der Waals surface area contributed by atoms with Crippen molar-refractivity contribution in [2.24, 2.45) is 0 Å². The zero-order chi connectivity index (χ0) is 7.45. The van der Waals surface area contributed by atoms with Crippen molar-refractivity contribution in [3.05, 3.63) is 24.8 Å². The van der Waals surface area contributed by atoms with E-state index >= 15 is 0 Å². The normalized spacial score (nSPS) is 21.2. The molecule has 0 aromatic heterocycles. The Balaban J connectivity index is 2.39. The third-order valence-electron chi connectivity index (χ3n) is 1.36. The highest BCUT2D eigenvalue weighted by atomic mass is 31.2. The summed E-state index contributed by atoms with van der Waals surface area (Å²) in [5, 5.41) is 0. The maximum Gasteiger partial charge on any atom is 0.210 e. The minimum atomic E-state index is -2.27. The zero-order valence-corrected chi connectivity index (χ0v) is 6.72. The van der Waals surface area contributed by atoms with Gasteiger partial charge in [-0.05, 0) is 0 Å². The van der Waals surface area contributed by atoms with Crippen LogP contribution in [0.5, 0.6) is 0 Å². The molecule has 0 atom stereocenters. The van der Waals surface area contributed by atoms with Gasteiger partial charge in [-0.3, -0.25) is 4.57 Å². The van der Waals surface area contributed by atoms with Crippen molar-refractivity contribution in [2.75, 3.05) is 18.9 Å². The molecule has 1 aliphatic heterocycles. The van der Waals surface area contributed by atoms with Crippen molar-refractivity contribution in [1.82, 2.24) is 0 Å². The van der Waals surface area contributed by atoms with Gasteiger partial charge in [-0.2, -0.15) is 0 Å². The van der Waals surface area contributed by atoms with Gasteiger partial charge >= 0.3 is 0 Å². The molecule has 0 saturated heterocycles. The van der Waals surface area contributed by atoms with Gasteiger partial charge in [0.05, 0.1) is 6.61 Å². The first-order valence-corrected chi connectivity index (χ1v) is 5.25. The van der Waals surface area contributed by atoms with Gasteiger partial charge < -0.3 is 4.52 Å². The van der Waals surface area contributed by atoms with E-state index in [1.165, 1.54) is 0 Å². The van der Waals surface area contributed by atoms with Crippen LogP contribution in [0, 0.1) is 0 Å². The Morgan fingerprint density at radius 1 is 1.60 bits per heavy atom. The van der Waals surface area contributed by atoms with Crippen LogP contribution in [-0.2, 0) is 9.09 Å². The van der Waals surface area contributed by atoms with E-state index in [0.717, 1.165) is 0 Å². The molecule has 1 rings (SSSR count). The van der Waals surface area contributed by atoms with Crippen molar-refractivity contribution in [3.8, 4) is 0 Å². The Hall–Kier alpha value is -0.330. The van der Waals surface area contributed by atoms with Crippen LogP contribution in [-0.4, -0.2) is 18.9 Å². The third kappa shape index (κ3) is 1.83. The first kappa shape index (κ1) is 7.77. The average Bonchev–Trinajstić information content (AvgIpc) is 2.33. The van der Waals surface area contributed by atoms with Gasteiger partial charge in [-0.15, -0.1) is 6.58 Å². The fourth-order valence-electron chi connectivity index (χ4n) is 0.839. The molecule has 0 spiro atoms. The molecule has 1 heterocycles. The lowest BCUT2D eigenvalue weighted by Gasteiger charge is -2.08. The molecule has 0 N–H and O–H groups in total. The van der Waals surface area contributed by atoms with Crippen LogP contribution in [0.25, 0.3) is 0 Å². The Morgan fingerprint density at radius 3 is 2.70 bits per heavy atom. The molecule has 56 valence electrons. The summed E-state index contributed by atoms with van der Waals surface area (Å²) >= 11 is 0. The minimum absolute atomic E-state index is 0.402. The van der Waals surface area contributed by atoms with Crippen molar-refractivity contribution < 1.29 is 9.09 Å². The zero-order valence-electron chi connectivity index (χ0n) is 5.82. The van der Waals surface area contributed by atoms with Crippen LogP contribution >= 0.6 is 7.37 Å². The molecular formula is C7H11O2P. The number of allylic oxidation sites excluding steroid dienone is 2. The number of hydrogen-bond acceptors (Lipinski definition) is 2. The van der Waals surface area contributed by atoms with Crippen molar-refractivity contribution in [1.29, 1.82) is 0 Å². The molecule has 0 amide bonds. The summed E-state index contributed by atoms with van der Waals surface area (Å²) in [7, 11) is -2.27. The van der Waals surface area contributed by atoms with Crippen LogP contribution in [0.15, 0.2) is 24.8 Å². The van der Waals surface area contributed by atoms with E-state index in [1.54, 1.807) is 6.08 Å². The Morgan fingerprint density at radius 2 is 2.20 bits per heavy atom. The van der Waals surface area contributed by atoms with Gasteiger partial charge in [0, 0.05) is 12.3 Å². The lowest BCUT2D eigenvalue weighted by atomic mass is 10.6. The largest absolute Gasteiger partial charge is 0.324 e. The quantitative estimate of drug-likeness (QED) is 0.464. The van der Waals surface area contributed by atoms with Gasteiger partial charge in [0.15, 0.2) is 0 Å². The van der Waals surface area contributed by atoms with Gasteiger partial charge in [0.25, 0.3) is 0 Å². The van der Waals surface area contributed by atoms with Crippen molar-refractivity contribution >= 4 is 7.37 Å². The Labute approximate surface area is 61.0 Å². The Bertz CT molecular complexity index is 184. The topological polar surface area (TPSA) is 26.3 Å². The van der Waals surface area contributed by atoms with Crippen LogP contribution in [0.3, 0.4) is 0 Å². The predicted octanol–water partition coefficient (Wildman–Crippen LogP) is 2.04. The second-order valence-electron chi connectivity index (χ2n) is 2.24.